The van der Waals surface area contributed by atoms with E-state index in [4.69, 9.17) is 0 Å². The molecular weight excluding hydrogens is 461 g/mol. The van der Waals surface area contributed by atoms with E-state index in [0.29, 0.717) is 0 Å². The van der Waals surface area contributed by atoms with E-state index in [0.717, 1.165) is 6.92 Å². The van der Waals surface area contributed by atoms with Crippen molar-refractivity contribution in [2.45, 2.75) is 48.6 Å². The second-order valence-corrected chi connectivity index (χ2v) is 5.30. The van der Waals surface area contributed by atoms with Gasteiger partial charge in [-0.25, -0.2) is 0 Å². The van der Waals surface area contributed by atoms with Crippen LogP contribution in [0.15, 0.2) is 12.3 Å². The van der Waals surface area contributed by atoms with E-state index in [-0.39, 0.29) is 12.3 Å². The minimum atomic E-state index is -8.33. The van der Waals surface area contributed by atoms with Gasteiger partial charge in [0.15, 0.2) is 12.4 Å². The molecule has 0 heterocycles. The summed E-state index contributed by atoms with van der Waals surface area (Å²) in [7, 11) is 0. The summed E-state index contributed by atoms with van der Waals surface area (Å²) in [5.41, 5.74) is 0. The van der Waals surface area contributed by atoms with Crippen molar-refractivity contribution in [3.63, 3.8) is 0 Å². The minimum absolute atomic E-state index is 0.116. The van der Waals surface area contributed by atoms with E-state index >= 15 is 0 Å². The normalized spacial score (nSPS) is 15.7. The lowest BCUT2D eigenvalue weighted by molar-refractivity contribution is -0.453. The van der Waals surface area contributed by atoms with Gasteiger partial charge in [0.2, 0.25) is 0 Å². The van der Waals surface area contributed by atoms with Crippen molar-refractivity contribution >= 4 is 5.78 Å². The monoisotopic (exact) mass is 468 g/mol. The van der Waals surface area contributed by atoms with Crippen LogP contribution in [0.25, 0.3) is 0 Å². The average molecular weight is 468 g/mol. The summed E-state index contributed by atoms with van der Waals surface area (Å²) < 4.78 is 196. The van der Waals surface area contributed by atoms with Crippen molar-refractivity contribution in [2.75, 3.05) is 6.61 Å². The first kappa shape index (κ1) is 27.2. The van der Waals surface area contributed by atoms with Crippen molar-refractivity contribution in [2.24, 2.45) is 0 Å². The maximum atomic E-state index is 13.3. The highest BCUT2D eigenvalue weighted by atomic mass is 19.4. The van der Waals surface area contributed by atoms with Crippen molar-refractivity contribution in [1.29, 1.82) is 0 Å². The number of carbonyl (C=O) groups excluding carboxylic acids is 1. The van der Waals surface area contributed by atoms with Crippen LogP contribution in [0.3, 0.4) is 0 Å². The molecule has 0 N–H and O–H groups in total. The molecule has 0 aromatic rings. The van der Waals surface area contributed by atoms with Gasteiger partial charge in [0.05, 0.1) is 6.26 Å². The number of hydrogen-bond acceptors (Lipinski definition) is 2. The lowest BCUT2D eigenvalue weighted by atomic mass is 9.91. The van der Waals surface area contributed by atoms with Gasteiger partial charge >= 0.3 is 41.7 Å². The molecule has 0 atom stereocenters. The number of alkyl halides is 15. The third-order valence-electron chi connectivity index (χ3n) is 3.06. The summed E-state index contributed by atoms with van der Waals surface area (Å²) in [6, 6.07) is 0. The zero-order valence-corrected chi connectivity index (χ0v) is 13.3. The number of rotatable bonds is 9. The van der Waals surface area contributed by atoms with Crippen LogP contribution in [0.2, 0.25) is 0 Å². The largest absolute Gasteiger partial charge is 0.495 e. The van der Waals surface area contributed by atoms with Crippen molar-refractivity contribution in [1.82, 2.24) is 0 Å². The molecule has 0 aliphatic rings. The van der Waals surface area contributed by atoms with Gasteiger partial charge in [0.1, 0.15) is 0 Å². The average Bonchev–Trinajstić information content (AvgIpc) is 2.49. The van der Waals surface area contributed by atoms with Gasteiger partial charge in [0, 0.05) is 6.08 Å². The smallest absolute Gasteiger partial charge is 0.460 e. The lowest BCUT2D eigenvalue weighted by Gasteiger charge is -2.41. The summed E-state index contributed by atoms with van der Waals surface area (Å²) in [5.74, 6) is -47.9. The van der Waals surface area contributed by atoms with Crippen LogP contribution in [-0.4, -0.2) is 54.1 Å². The summed E-state index contributed by atoms with van der Waals surface area (Å²) in [4.78, 5) is 10.4. The molecule has 0 aliphatic heterocycles. The van der Waals surface area contributed by atoms with E-state index in [1.807, 2.05) is 0 Å². The SMILES string of the molecule is CC(=O)/C=C/OCC(F)(F)C(F)(F)C(F)(F)C(F)(F)C(F)(F)C(F)(F)C(F)(F)F. The molecule has 0 aromatic heterocycles. The number of carbonyl (C=O) groups is 1. The summed E-state index contributed by atoms with van der Waals surface area (Å²) in [6.07, 6.45) is -7.53. The van der Waals surface area contributed by atoms with E-state index < -0.39 is 54.1 Å². The molecule has 172 valence electrons. The topological polar surface area (TPSA) is 26.3 Å². The molecule has 0 spiro atoms. The van der Waals surface area contributed by atoms with Gasteiger partial charge < -0.3 is 4.74 Å². The fourth-order valence-electron chi connectivity index (χ4n) is 1.39. The zero-order chi connectivity index (χ0) is 23.9. The lowest BCUT2D eigenvalue weighted by Crippen LogP contribution is -2.73. The first-order valence-electron chi connectivity index (χ1n) is 6.54. The molecule has 0 aromatic carbocycles. The second-order valence-electron chi connectivity index (χ2n) is 5.30. The standard InChI is InChI=1S/C12H7F15O2/c1-5(28)2-3-29-4-6(13,14)7(15,16)8(17,18)9(19,20)10(21,22)11(23,24)12(25,26)27/h2-3H,4H2,1H3/b3-2+. The van der Waals surface area contributed by atoms with Gasteiger partial charge in [-0.1, -0.05) is 0 Å². The molecule has 0 saturated carbocycles. The van der Waals surface area contributed by atoms with Crippen LogP contribution in [0, 0.1) is 0 Å². The van der Waals surface area contributed by atoms with E-state index in [2.05, 4.69) is 4.74 Å². The van der Waals surface area contributed by atoms with Gasteiger partial charge in [0.25, 0.3) is 0 Å². The summed E-state index contributed by atoms with van der Waals surface area (Å²) in [6.45, 7) is -2.24. The Kier molecular flexibility index (Phi) is 6.97. The Morgan fingerprint density at radius 3 is 1.34 bits per heavy atom. The second kappa shape index (κ2) is 7.45. The van der Waals surface area contributed by atoms with Crippen molar-refractivity contribution < 1.29 is 75.4 Å². The van der Waals surface area contributed by atoms with E-state index in [1.54, 1.807) is 0 Å². The molecule has 0 unspecified atom stereocenters. The number of halogens is 15. The minimum Gasteiger partial charge on any atom is -0.495 e. The summed E-state index contributed by atoms with van der Waals surface area (Å²) in [5, 5.41) is 0. The van der Waals surface area contributed by atoms with E-state index in [1.165, 1.54) is 0 Å². The van der Waals surface area contributed by atoms with Crippen LogP contribution >= 0.6 is 0 Å². The van der Waals surface area contributed by atoms with Gasteiger partial charge in [-0.05, 0) is 6.92 Å². The fourth-order valence-corrected chi connectivity index (χ4v) is 1.39. The number of ether oxygens (including phenoxy) is 1. The Balaban J connectivity index is 6.18. The van der Waals surface area contributed by atoms with Gasteiger partial charge in [-0.2, -0.15) is 65.9 Å². The third kappa shape index (κ3) is 4.22. The molecule has 0 radical (unpaired) electrons. The Labute approximate surface area is 150 Å². The highest BCUT2D eigenvalue weighted by molar-refractivity contribution is 5.86. The Hall–Kier alpha value is -1.84. The molecule has 29 heavy (non-hydrogen) atoms. The molecule has 0 rings (SSSR count). The van der Waals surface area contributed by atoms with Crippen LogP contribution in [-0.2, 0) is 9.53 Å². The molecule has 0 fully saturated rings. The first-order valence-corrected chi connectivity index (χ1v) is 6.54. The van der Waals surface area contributed by atoms with Crippen LogP contribution in [0.1, 0.15) is 6.92 Å². The zero-order valence-electron chi connectivity index (χ0n) is 13.3. The number of allylic oxidation sites excluding steroid dienone is 1. The predicted octanol–water partition coefficient (Wildman–Crippen LogP) is 5.48. The maximum Gasteiger partial charge on any atom is 0.460 e. The Morgan fingerprint density at radius 2 is 1.00 bits per heavy atom. The quantitative estimate of drug-likeness (QED) is 0.255. The highest BCUT2D eigenvalue weighted by Crippen LogP contribution is 2.62. The molecule has 17 heteroatoms. The third-order valence-corrected chi connectivity index (χ3v) is 3.06. The molecule has 0 bridgehead atoms. The molecular formula is C12H7F15O2. The number of ketones is 1. The molecule has 2 nitrogen and oxygen atoms in total. The Morgan fingerprint density at radius 1 is 0.655 bits per heavy atom. The van der Waals surface area contributed by atoms with Crippen LogP contribution < -0.4 is 0 Å². The van der Waals surface area contributed by atoms with E-state index in [9.17, 15) is 70.7 Å². The summed E-state index contributed by atoms with van der Waals surface area (Å²) >= 11 is 0. The van der Waals surface area contributed by atoms with Crippen molar-refractivity contribution in [3.05, 3.63) is 12.3 Å². The molecule has 0 aliphatic carbocycles. The van der Waals surface area contributed by atoms with Crippen LogP contribution in [0.5, 0.6) is 0 Å². The number of hydrogen-bond donors (Lipinski definition) is 0. The Bertz CT molecular complexity index is 632. The molecule has 0 amide bonds. The first-order chi connectivity index (χ1) is 12.4. The van der Waals surface area contributed by atoms with Gasteiger partial charge in [-0.3, -0.25) is 4.79 Å². The van der Waals surface area contributed by atoms with Crippen molar-refractivity contribution in [3.8, 4) is 0 Å². The van der Waals surface area contributed by atoms with Crippen LogP contribution in [0.4, 0.5) is 65.9 Å². The fraction of sp³-hybridized carbons (Fsp3) is 0.750. The highest BCUT2D eigenvalue weighted by Gasteiger charge is 2.93. The predicted molar refractivity (Wildman–Crippen MR) is 61.5 cm³/mol. The maximum absolute atomic E-state index is 13.3. The molecule has 0 saturated heterocycles. The van der Waals surface area contributed by atoms with Gasteiger partial charge in [-0.15, -0.1) is 0 Å².